The van der Waals surface area contributed by atoms with Crippen molar-refractivity contribution >= 4 is 33.2 Å². The molecule has 0 saturated heterocycles. The molecule has 0 bridgehead atoms. The molecule has 0 aromatic heterocycles. The molecule has 0 saturated carbocycles. The van der Waals surface area contributed by atoms with Crippen molar-refractivity contribution in [2.45, 2.75) is 31.7 Å². The van der Waals surface area contributed by atoms with Crippen LogP contribution >= 0.6 is 11.6 Å². The third kappa shape index (κ3) is 3.62. The predicted octanol–water partition coefficient (Wildman–Crippen LogP) is 1.02. The molecular weight excluding hydrogens is 302 g/mol. The van der Waals surface area contributed by atoms with Crippen molar-refractivity contribution in [1.29, 1.82) is 0 Å². The molecule has 8 heteroatoms. The number of nitrogens with two attached hydrogens (primary N) is 2. The smallest absolute Gasteiger partial charge is 0.241 e. The summed E-state index contributed by atoms with van der Waals surface area (Å²) in [6, 6.07) is 1.65. The Bertz CT molecular complexity index is 606. The monoisotopic (exact) mass is 319 g/mol. The minimum Gasteiger partial charge on any atom is -0.397 e. The van der Waals surface area contributed by atoms with Gasteiger partial charge in [-0.3, -0.25) is 4.79 Å². The number of halogens is 1. The quantitative estimate of drug-likeness (QED) is 0.702. The molecule has 1 atom stereocenters. The summed E-state index contributed by atoms with van der Waals surface area (Å²) >= 11 is 5.89. The molecule has 0 aliphatic rings. The summed E-state index contributed by atoms with van der Waals surface area (Å²) in [6.07, 6.45) is 0. The number of hydrogen-bond donors (Lipinski definition) is 3. The molecule has 0 aliphatic heterocycles. The summed E-state index contributed by atoms with van der Waals surface area (Å²) in [6.45, 7) is 5.03. The van der Waals surface area contributed by atoms with Crippen molar-refractivity contribution in [3.05, 3.63) is 22.7 Å². The van der Waals surface area contributed by atoms with Gasteiger partial charge in [-0.25, -0.2) is 8.42 Å². The fraction of sp³-hybridized carbons (Fsp3) is 0.417. The van der Waals surface area contributed by atoms with Crippen molar-refractivity contribution < 1.29 is 13.2 Å². The number of sulfonamides is 1. The summed E-state index contributed by atoms with van der Waals surface area (Å²) < 4.78 is 26.8. The van der Waals surface area contributed by atoms with E-state index in [0.29, 0.717) is 10.6 Å². The highest BCUT2D eigenvalue weighted by Crippen LogP contribution is 2.27. The van der Waals surface area contributed by atoms with E-state index < -0.39 is 22.0 Å². The van der Waals surface area contributed by atoms with Gasteiger partial charge in [0.05, 0.1) is 15.6 Å². The van der Waals surface area contributed by atoms with E-state index in [0.717, 1.165) is 0 Å². The molecule has 0 radical (unpaired) electrons. The van der Waals surface area contributed by atoms with Gasteiger partial charge in [-0.2, -0.15) is 4.72 Å². The molecule has 5 N–H and O–H groups in total. The van der Waals surface area contributed by atoms with Gasteiger partial charge in [-0.15, -0.1) is 0 Å². The van der Waals surface area contributed by atoms with E-state index in [9.17, 15) is 13.2 Å². The van der Waals surface area contributed by atoms with Gasteiger partial charge in [0.15, 0.2) is 0 Å². The second-order valence-electron chi connectivity index (χ2n) is 4.89. The Morgan fingerprint density at radius 2 is 1.90 bits per heavy atom. The van der Waals surface area contributed by atoms with Gasteiger partial charge in [-0.05, 0) is 30.5 Å². The van der Waals surface area contributed by atoms with Crippen LogP contribution in [0.15, 0.2) is 17.0 Å². The van der Waals surface area contributed by atoms with Crippen LogP contribution in [0.5, 0.6) is 0 Å². The van der Waals surface area contributed by atoms with Crippen LogP contribution in [0.1, 0.15) is 19.4 Å². The van der Waals surface area contributed by atoms with Crippen molar-refractivity contribution in [3.8, 4) is 0 Å². The van der Waals surface area contributed by atoms with Crippen LogP contribution in [0.25, 0.3) is 0 Å². The van der Waals surface area contributed by atoms with Crippen LogP contribution in [0.2, 0.25) is 5.02 Å². The van der Waals surface area contributed by atoms with Gasteiger partial charge >= 0.3 is 0 Å². The zero-order valence-corrected chi connectivity index (χ0v) is 13.0. The van der Waals surface area contributed by atoms with Crippen molar-refractivity contribution in [2.24, 2.45) is 11.7 Å². The number of nitrogen functional groups attached to an aromatic ring is 1. The van der Waals surface area contributed by atoms with E-state index >= 15 is 0 Å². The van der Waals surface area contributed by atoms with E-state index in [4.69, 9.17) is 23.1 Å². The SMILES string of the molecule is Cc1cc(S(=O)(=O)NC(C(N)=O)C(C)C)cc(N)c1Cl. The molecule has 20 heavy (non-hydrogen) atoms. The van der Waals surface area contributed by atoms with Gasteiger partial charge in [0.25, 0.3) is 0 Å². The molecule has 0 fully saturated rings. The van der Waals surface area contributed by atoms with Crippen LogP contribution < -0.4 is 16.2 Å². The van der Waals surface area contributed by atoms with Crippen molar-refractivity contribution in [1.82, 2.24) is 4.72 Å². The first-order chi connectivity index (χ1) is 9.06. The molecular formula is C12H18ClN3O3S. The Morgan fingerprint density at radius 1 is 1.35 bits per heavy atom. The predicted molar refractivity (Wildman–Crippen MR) is 78.7 cm³/mol. The van der Waals surface area contributed by atoms with Gasteiger partial charge in [-0.1, -0.05) is 25.4 Å². The second-order valence-corrected chi connectivity index (χ2v) is 6.98. The molecule has 1 unspecified atom stereocenters. The number of hydrogen-bond acceptors (Lipinski definition) is 4. The highest BCUT2D eigenvalue weighted by atomic mass is 35.5. The number of carbonyl (C=O) groups excluding carboxylic acids is 1. The molecule has 1 aromatic carbocycles. The van der Waals surface area contributed by atoms with E-state index in [1.165, 1.54) is 12.1 Å². The number of nitrogens with one attached hydrogen (secondary N) is 1. The number of rotatable bonds is 5. The normalized spacial score (nSPS) is 13.4. The lowest BCUT2D eigenvalue weighted by Gasteiger charge is -2.19. The fourth-order valence-electron chi connectivity index (χ4n) is 1.68. The third-order valence-electron chi connectivity index (χ3n) is 2.82. The maximum atomic E-state index is 12.2. The number of amides is 1. The Morgan fingerprint density at radius 3 is 2.30 bits per heavy atom. The average Bonchev–Trinajstić information content (AvgIpc) is 2.31. The van der Waals surface area contributed by atoms with Gasteiger partial charge in [0, 0.05) is 0 Å². The molecule has 1 amide bonds. The minimum absolute atomic E-state index is 0.0520. The molecule has 0 spiro atoms. The van der Waals surface area contributed by atoms with E-state index in [-0.39, 0.29) is 16.5 Å². The highest BCUT2D eigenvalue weighted by molar-refractivity contribution is 7.89. The fourth-order valence-corrected chi connectivity index (χ4v) is 3.26. The molecule has 0 aliphatic carbocycles. The Balaban J connectivity index is 3.21. The first kappa shape index (κ1) is 16.7. The Labute approximate surface area is 123 Å². The number of carbonyl (C=O) groups is 1. The molecule has 0 heterocycles. The minimum atomic E-state index is -3.90. The Kier molecular flexibility index (Phi) is 5.01. The number of benzene rings is 1. The summed E-state index contributed by atoms with van der Waals surface area (Å²) in [4.78, 5) is 11.2. The highest BCUT2D eigenvalue weighted by Gasteiger charge is 2.27. The van der Waals surface area contributed by atoms with E-state index in [1.807, 2.05) is 0 Å². The van der Waals surface area contributed by atoms with Crippen LogP contribution in [-0.2, 0) is 14.8 Å². The zero-order chi connectivity index (χ0) is 15.7. The van der Waals surface area contributed by atoms with Gasteiger partial charge in [0.2, 0.25) is 15.9 Å². The summed E-state index contributed by atoms with van der Waals surface area (Å²) in [7, 11) is -3.90. The third-order valence-corrected chi connectivity index (χ3v) is 4.76. The van der Waals surface area contributed by atoms with E-state index in [1.54, 1.807) is 20.8 Å². The number of primary amides is 1. The first-order valence-corrected chi connectivity index (χ1v) is 7.79. The van der Waals surface area contributed by atoms with Gasteiger partial charge in [0.1, 0.15) is 6.04 Å². The van der Waals surface area contributed by atoms with Crippen molar-refractivity contribution in [3.63, 3.8) is 0 Å². The lowest BCUT2D eigenvalue weighted by atomic mass is 10.1. The average molecular weight is 320 g/mol. The zero-order valence-electron chi connectivity index (χ0n) is 11.5. The topological polar surface area (TPSA) is 115 Å². The summed E-state index contributed by atoms with van der Waals surface area (Å²) in [5.41, 5.74) is 11.5. The molecule has 1 rings (SSSR count). The standard InChI is InChI=1S/C12H18ClN3O3S/c1-6(2)11(12(15)17)16-20(18,19)8-4-7(3)10(13)9(14)5-8/h4-6,11,16H,14H2,1-3H3,(H2,15,17). The maximum absolute atomic E-state index is 12.2. The maximum Gasteiger partial charge on any atom is 0.241 e. The number of aryl methyl sites for hydroxylation is 1. The lowest BCUT2D eigenvalue weighted by Crippen LogP contribution is -2.47. The summed E-state index contributed by atoms with van der Waals surface area (Å²) in [5, 5.41) is 0.305. The largest absolute Gasteiger partial charge is 0.397 e. The lowest BCUT2D eigenvalue weighted by molar-refractivity contribution is -0.120. The van der Waals surface area contributed by atoms with Crippen LogP contribution in [0.3, 0.4) is 0 Å². The van der Waals surface area contributed by atoms with Gasteiger partial charge < -0.3 is 11.5 Å². The van der Waals surface area contributed by atoms with Crippen LogP contribution in [-0.4, -0.2) is 20.4 Å². The van der Waals surface area contributed by atoms with Crippen LogP contribution in [0, 0.1) is 12.8 Å². The molecule has 1 aromatic rings. The molecule has 6 nitrogen and oxygen atoms in total. The summed E-state index contributed by atoms with van der Waals surface area (Å²) in [5.74, 6) is -1.00. The number of anilines is 1. The Hall–Kier alpha value is -1.31. The first-order valence-electron chi connectivity index (χ1n) is 5.93. The molecule has 112 valence electrons. The second kappa shape index (κ2) is 5.99. The van der Waals surface area contributed by atoms with Crippen molar-refractivity contribution in [2.75, 3.05) is 5.73 Å². The van der Waals surface area contributed by atoms with E-state index in [2.05, 4.69) is 4.72 Å². The van der Waals surface area contributed by atoms with Crippen LogP contribution in [0.4, 0.5) is 5.69 Å².